The van der Waals surface area contributed by atoms with Crippen molar-refractivity contribution in [2.75, 3.05) is 0 Å². The highest BCUT2D eigenvalue weighted by atomic mass is 16.5. The zero-order chi connectivity index (χ0) is 28.3. The van der Waals surface area contributed by atoms with Gasteiger partial charge in [-0.15, -0.1) is 0 Å². The van der Waals surface area contributed by atoms with Gasteiger partial charge < -0.3 is 18.8 Å². The van der Waals surface area contributed by atoms with Crippen LogP contribution in [0.4, 0.5) is 0 Å². The number of carbonyl (C=O) groups is 1. The van der Waals surface area contributed by atoms with Crippen LogP contribution in [0, 0.1) is 17.8 Å². The fourth-order valence-electron chi connectivity index (χ4n) is 9.03. The summed E-state index contributed by atoms with van der Waals surface area (Å²) < 4.78 is 15.8. The number of nitrogens with zero attached hydrogens (tertiary/aromatic N) is 3. The molecule has 2 heterocycles. The molecule has 7 heteroatoms. The van der Waals surface area contributed by atoms with Gasteiger partial charge in [-0.25, -0.2) is 14.8 Å². The van der Waals surface area contributed by atoms with E-state index in [9.17, 15) is 9.90 Å². The summed E-state index contributed by atoms with van der Waals surface area (Å²) in [7, 11) is 0. The van der Waals surface area contributed by atoms with E-state index in [1.54, 1.807) is 18.2 Å². The van der Waals surface area contributed by atoms with Crippen LogP contribution in [0.5, 0.6) is 0 Å². The predicted molar refractivity (Wildman–Crippen MR) is 159 cm³/mol. The molecule has 9 rings (SSSR count). The number of imidazole rings is 1. The monoisotopic (exact) mass is 565 g/mol. The first-order valence-electron chi connectivity index (χ1n) is 15.9. The standard InChI is InChI=1S/C35H39N3O4/c39-34(40)27-11-12-30-28(16-27)36-33(42-30)31-29(21-41-35-17-23-13-24(18-35)15-25(14-23)19-35)38(20-22-7-3-1-4-8-22)32(37-31)26-9-5-2-6-10-26/h1,3-4,7-8,11-12,16,23-26H,2,5-6,9-10,13-15,17-21H2,(H,39,40). The largest absolute Gasteiger partial charge is 0.478 e. The van der Waals surface area contributed by atoms with Crippen LogP contribution >= 0.6 is 0 Å². The molecule has 4 aromatic rings. The second-order valence-electron chi connectivity index (χ2n) is 13.6. The van der Waals surface area contributed by atoms with Crippen molar-refractivity contribution in [3.05, 3.63) is 71.2 Å². The smallest absolute Gasteiger partial charge is 0.335 e. The zero-order valence-electron chi connectivity index (χ0n) is 24.1. The van der Waals surface area contributed by atoms with Gasteiger partial charge in [0.15, 0.2) is 5.58 Å². The van der Waals surface area contributed by atoms with Crippen molar-refractivity contribution < 1.29 is 19.1 Å². The van der Waals surface area contributed by atoms with Gasteiger partial charge in [0, 0.05) is 12.5 Å². The van der Waals surface area contributed by atoms with E-state index < -0.39 is 5.97 Å². The molecule has 2 aromatic carbocycles. The average Bonchev–Trinajstić information content (AvgIpc) is 3.57. The van der Waals surface area contributed by atoms with Crippen LogP contribution < -0.4 is 0 Å². The Morgan fingerprint density at radius 3 is 2.36 bits per heavy atom. The lowest BCUT2D eigenvalue weighted by molar-refractivity contribution is -0.169. The highest BCUT2D eigenvalue weighted by Gasteiger charge is 2.52. The Labute approximate surface area is 246 Å². The number of benzene rings is 2. The van der Waals surface area contributed by atoms with Crippen molar-refractivity contribution in [2.45, 2.75) is 95.3 Å². The van der Waals surface area contributed by atoms with Crippen molar-refractivity contribution >= 4 is 17.1 Å². The van der Waals surface area contributed by atoms with Gasteiger partial charge in [-0.3, -0.25) is 0 Å². The summed E-state index contributed by atoms with van der Waals surface area (Å²) in [5, 5.41) is 9.53. The number of aromatic carboxylic acids is 1. The van der Waals surface area contributed by atoms with Gasteiger partial charge in [0.2, 0.25) is 5.89 Å². The van der Waals surface area contributed by atoms with Crippen molar-refractivity contribution in [3.8, 4) is 11.6 Å². The van der Waals surface area contributed by atoms with Crippen molar-refractivity contribution in [1.82, 2.24) is 14.5 Å². The fraction of sp³-hybridized carbons (Fsp3) is 0.514. The van der Waals surface area contributed by atoms with Gasteiger partial charge >= 0.3 is 5.97 Å². The average molecular weight is 566 g/mol. The molecule has 5 saturated carbocycles. The minimum absolute atomic E-state index is 0.0312. The summed E-state index contributed by atoms with van der Waals surface area (Å²) in [5.41, 5.74) is 4.28. The Hall–Kier alpha value is -3.45. The van der Waals surface area contributed by atoms with E-state index in [-0.39, 0.29) is 11.2 Å². The molecule has 5 aliphatic rings. The number of fused-ring (bicyclic) bond motifs is 1. The lowest BCUT2D eigenvalue weighted by Gasteiger charge is -2.56. The third kappa shape index (κ3) is 4.76. The quantitative estimate of drug-likeness (QED) is 0.233. The summed E-state index contributed by atoms with van der Waals surface area (Å²) in [6.07, 6.45) is 13.7. The van der Waals surface area contributed by atoms with Gasteiger partial charge in [0.25, 0.3) is 0 Å². The number of carboxylic acids is 1. The number of carboxylic acid groups (broad SMARTS) is 1. The Morgan fingerprint density at radius 1 is 0.952 bits per heavy atom. The van der Waals surface area contributed by atoms with Crippen molar-refractivity contribution in [2.24, 2.45) is 17.8 Å². The summed E-state index contributed by atoms with van der Waals surface area (Å²) in [5.74, 6) is 3.39. The van der Waals surface area contributed by atoms with Crippen molar-refractivity contribution in [1.29, 1.82) is 0 Å². The zero-order valence-corrected chi connectivity index (χ0v) is 24.1. The van der Waals surface area contributed by atoms with E-state index in [2.05, 4.69) is 34.9 Å². The third-order valence-electron chi connectivity index (χ3n) is 10.6. The van der Waals surface area contributed by atoms with Gasteiger partial charge in [-0.1, -0.05) is 49.6 Å². The first kappa shape index (κ1) is 26.2. The lowest BCUT2D eigenvalue weighted by atomic mass is 9.54. The molecular formula is C35H39N3O4. The molecule has 0 unspecified atom stereocenters. The van der Waals surface area contributed by atoms with E-state index in [4.69, 9.17) is 19.1 Å². The Kier molecular flexibility index (Phi) is 6.47. The maximum Gasteiger partial charge on any atom is 0.335 e. The van der Waals surface area contributed by atoms with Crippen LogP contribution in [-0.2, 0) is 17.9 Å². The first-order chi connectivity index (χ1) is 20.5. The molecule has 0 saturated heterocycles. The number of rotatable bonds is 8. The second-order valence-corrected chi connectivity index (χ2v) is 13.6. The number of ether oxygens (including phenoxy) is 1. The third-order valence-corrected chi connectivity index (χ3v) is 10.6. The van der Waals surface area contributed by atoms with Gasteiger partial charge in [-0.2, -0.15) is 0 Å². The van der Waals surface area contributed by atoms with Crippen LogP contribution in [-0.4, -0.2) is 31.2 Å². The maximum absolute atomic E-state index is 11.6. The molecule has 0 aliphatic heterocycles. The highest BCUT2D eigenvalue weighted by Crippen LogP contribution is 2.57. The van der Waals surface area contributed by atoms with Crippen LogP contribution in [0.15, 0.2) is 52.9 Å². The summed E-state index contributed by atoms with van der Waals surface area (Å²) in [6, 6.07) is 15.5. The number of oxazole rings is 1. The van der Waals surface area contributed by atoms with E-state index in [1.165, 1.54) is 63.4 Å². The number of aromatic nitrogens is 3. The summed E-state index contributed by atoms with van der Waals surface area (Å²) >= 11 is 0. The Morgan fingerprint density at radius 2 is 1.67 bits per heavy atom. The molecule has 0 spiro atoms. The molecule has 0 radical (unpaired) electrons. The molecule has 42 heavy (non-hydrogen) atoms. The molecule has 0 amide bonds. The van der Waals surface area contributed by atoms with Gasteiger partial charge in [-0.05, 0) is 92.9 Å². The van der Waals surface area contributed by atoms with E-state index in [0.29, 0.717) is 29.5 Å². The molecule has 5 fully saturated rings. The highest BCUT2D eigenvalue weighted by molar-refractivity contribution is 5.92. The maximum atomic E-state index is 11.6. The molecule has 1 N–H and O–H groups in total. The Bertz CT molecular complexity index is 1580. The summed E-state index contributed by atoms with van der Waals surface area (Å²) in [6.45, 7) is 1.20. The van der Waals surface area contributed by atoms with Gasteiger partial charge in [0.1, 0.15) is 17.0 Å². The van der Waals surface area contributed by atoms with Crippen LogP contribution in [0.2, 0.25) is 0 Å². The second kappa shape index (κ2) is 10.4. The Balaban J connectivity index is 1.23. The topological polar surface area (TPSA) is 90.4 Å². The predicted octanol–water partition coefficient (Wildman–Crippen LogP) is 7.97. The molecule has 4 bridgehead atoms. The summed E-state index contributed by atoms with van der Waals surface area (Å²) in [4.78, 5) is 21.8. The molecule has 0 atom stereocenters. The van der Waals surface area contributed by atoms with Crippen LogP contribution in [0.3, 0.4) is 0 Å². The van der Waals surface area contributed by atoms with Crippen molar-refractivity contribution in [3.63, 3.8) is 0 Å². The number of hydrogen-bond acceptors (Lipinski definition) is 5. The van der Waals surface area contributed by atoms with Crippen LogP contribution in [0.25, 0.3) is 22.7 Å². The SMILES string of the molecule is O=C(O)c1ccc2oc(-c3nc(C4CCCCC4)n(Cc4ccccc4)c3COC34CC5CC(CC(C5)C3)C4)nc2c1. The van der Waals surface area contributed by atoms with E-state index in [1.807, 2.05) is 0 Å². The minimum atomic E-state index is -0.974. The van der Waals surface area contributed by atoms with E-state index >= 15 is 0 Å². The van der Waals surface area contributed by atoms with E-state index in [0.717, 1.165) is 54.4 Å². The number of hydrogen-bond donors (Lipinski definition) is 1. The minimum Gasteiger partial charge on any atom is -0.478 e. The van der Waals surface area contributed by atoms with Gasteiger partial charge in [0.05, 0.1) is 23.5 Å². The molecule has 5 aliphatic carbocycles. The first-order valence-corrected chi connectivity index (χ1v) is 15.9. The molecular weight excluding hydrogens is 526 g/mol. The normalized spacial score (nSPS) is 27.2. The van der Waals surface area contributed by atoms with Crippen LogP contribution in [0.1, 0.15) is 104 Å². The molecule has 7 nitrogen and oxygen atoms in total. The lowest BCUT2D eigenvalue weighted by Crippen LogP contribution is -2.51. The molecule has 218 valence electrons. The molecule has 2 aromatic heterocycles. The fourth-order valence-corrected chi connectivity index (χ4v) is 9.03.